The van der Waals surface area contributed by atoms with Crippen LogP contribution in [0, 0.1) is 6.92 Å². The molecule has 4 aromatic rings. The molecule has 4 heterocycles. The molecule has 0 spiro atoms. The lowest BCUT2D eigenvalue weighted by atomic mass is 10.1. The molecule has 1 fully saturated rings. The standard InChI is InChI=1S/C26H30N6O4/c1-16(2)36-18-8-9-22-19(13-18)25(30-32(22)23-7-5-6-12-35-23)26-27-11-10-21(29-26)20-14-28-31(17(20)3)15-24(33)34-4/h8-11,13-14,16,23H,5-7,12,15H2,1-4H3. The van der Waals surface area contributed by atoms with Crippen LogP contribution in [-0.2, 0) is 20.8 Å². The maximum absolute atomic E-state index is 11.7. The maximum Gasteiger partial charge on any atom is 0.327 e. The number of ether oxygens (including phenoxy) is 3. The molecule has 188 valence electrons. The quantitative estimate of drug-likeness (QED) is 0.353. The molecule has 0 N–H and O–H groups in total. The van der Waals surface area contributed by atoms with Gasteiger partial charge in [0.2, 0.25) is 0 Å². The van der Waals surface area contributed by atoms with E-state index < -0.39 is 0 Å². The lowest BCUT2D eigenvalue weighted by Gasteiger charge is -2.23. The fourth-order valence-electron chi connectivity index (χ4n) is 4.43. The summed E-state index contributed by atoms with van der Waals surface area (Å²) in [7, 11) is 1.36. The Bertz CT molecular complexity index is 1390. The van der Waals surface area contributed by atoms with Crippen LogP contribution in [-0.4, -0.2) is 55.3 Å². The van der Waals surface area contributed by atoms with Gasteiger partial charge in [0.05, 0.1) is 30.6 Å². The SMILES string of the molecule is COC(=O)Cn1ncc(-c2ccnc(-c3nn(C4CCCCO4)c4ccc(OC(C)C)cc34)n2)c1C. The summed E-state index contributed by atoms with van der Waals surface area (Å²) in [5, 5.41) is 10.2. The predicted octanol–water partition coefficient (Wildman–Crippen LogP) is 4.32. The molecular formula is C26H30N6O4. The number of benzene rings is 1. The van der Waals surface area contributed by atoms with Gasteiger partial charge >= 0.3 is 5.97 Å². The molecule has 0 aliphatic carbocycles. The highest BCUT2D eigenvalue weighted by Crippen LogP contribution is 2.34. The molecule has 10 heteroatoms. The molecular weight excluding hydrogens is 460 g/mol. The largest absolute Gasteiger partial charge is 0.491 e. The zero-order valence-corrected chi connectivity index (χ0v) is 21.0. The number of carbonyl (C=O) groups is 1. The summed E-state index contributed by atoms with van der Waals surface area (Å²) < 4.78 is 20.3. The Morgan fingerprint density at radius 3 is 2.86 bits per heavy atom. The molecule has 5 rings (SSSR count). The third-order valence-electron chi connectivity index (χ3n) is 6.23. The van der Waals surface area contributed by atoms with Crippen LogP contribution in [0.4, 0.5) is 0 Å². The van der Waals surface area contributed by atoms with Gasteiger partial charge in [0.25, 0.3) is 0 Å². The predicted molar refractivity (Wildman–Crippen MR) is 133 cm³/mol. The number of hydrogen-bond acceptors (Lipinski definition) is 8. The Morgan fingerprint density at radius 1 is 1.25 bits per heavy atom. The molecule has 3 aromatic heterocycles. The van der Waals surface area contributed by atoms with Crippen molar-refractivity contribution in [2.45, 2.75) is 58.9 Å². The zero-order valence-electron chi connectivity index (χ0n) is 21.0. The van der Waals surface area contributed by atoms with Crippen LogP contribution < -0.4 is 4.74 Å². The molecule has 1 aliphatic rings. The van der Waals surface area contributed by atoms with Gasteiger partial charge in [0, 0.05) is 29.4 Å². The van der Waals surface area contributed by atoms with E-state index in [0.717, 1.165) is 53.8 Å². The van der Waals surface area contributed by atoms with Gasteiger partial charge in [-0.1, -0.05) is 0 Å². The summed E-state index contributed by atoms with van der Waals surface area (Å²) >= 11 is 0. The lowest BCUT2D eigenvalue weighted by molar-refractivity contribution is -0.141. The minimum atomic E-state index is -0.363. The van der Waals surface area contributed by atoms with Gasteiger partial charge < -0.3 is 14.2 Å². The smallest absolute Gasteiger partial charge is 0.327 e. The summed E-state index contributed by atoms with van der Waals surface area (Å²) in [5.41, 5.74) is 3.92. The molecule has 1 saturated heterocycles. The molecule has 1 aliphatic heterocycles. The van der Waals surface area contributed by atoms with Crippen LogP contribution in [0.25, 0.3) is 33.7 Å². The van der Waals surface area contributed by atoms with E-state index in [2.05, 4.69) is 10.1 Å². The zero-order chi connectivity index (χ0) is 25.2. The Balaban J connectivity index is 1.58. The van der Waals surface area contributed by atoms with E-state index in [-0.39, 0.29) is 24.8 Å². The molecule has 1 aromatic carbocycles. The van der Waals surface area contributed by atoms with Crippen molar-refractivity contribution in [3.63, 3.8) is 0 Å². The highest BCUT2D eigenvalue weighted by Gasteiger charge is 2.24. The monoisotopic (exact) mass is 490 g/mol. The van der Waals surface area contributed by atoms with Crippen molar-refractivity contribution >= 4 is 16.9 Å². The number of fused-ring (bicyclic) bond motifs is 1. The van der Waals surface area contributed by atoms with E-state index >= 15 is 0 Å². The minimum absolute atomic E-state index is 0.0370. The number of methoxy groups -OCH3 is 1. The normalized spacial score (nSPS) is 16.0. The first-order chi connectivity index (χ1) is 17.4. The summed E-state index contributed by atoms with van der Waals surface area (Å²) in [6, 6.07) is 7.80. The van der Waals surface area contributed by atoms with E-state index in [1.165, 1.54) is 7.11 Å². The van der Waals surface area contributed by atoms with Gasteiger partial charge in [0.15, 0.2) is 12.1 Å². The van der Waals surface area contributed by atoms with Gasteiger partial charge in [-0.05, 0) is 64.3 Å². The average Bonchev–Trinajstić information content (AvgIpc) is 3.44. The third kappa shape index (κ3) is 4.68. The number of carbonyl (C=O) groups excluding carboxylic acids is 1. The van der Waals surface area contributed by atoms with Crippen LogP contribution >= 0.6 is 0 Å². The molecule has 0 bridgehead atoms. The second kappa shape index (κ2) is 10.1. The first-order valence-corrected chi connectivity index (χ1v) is 12.2. The molecule has 36 heavy (non-hydrogen) atoms. The molecule has 0 saturated carbocycles. The van der Waals surface area contributed by atoms with Crippen LogP contribution in [0.15, 0.2) is 36.7 Å². The Morgan fingerprint density at radius 2 is 2.11 bits per heavy atom. The molecule has 0 amide bonds. The second-order valence-electron chi connectivity index (χ2n) is 9.10. The Hall–Kier alpha value is -3.79. The molecule has 1 unspecified atom stereocenters. The molecule has 1 atom stereocenters. The summed E-state index contributed by atoms with van der Waals surface area (Å²) in [5.74, 6) is 0.894. The fourth-order valence-corrected chi connectivity index (χ4v) is 4.43. The van der Waals surface area contributed by atoms with E-state index in [9.17, 15) is 4.79 Å². The number of hydrogen-bond donors (Lipinski definition) is 0. The van der Waals surface area contributed by atoms with E-state index in [1.807, 2.05) is 49.7 Å². The number of rotatable bonds is 7. The van der Waals surface area contributed by atoms with Gasteiger partial charge in [-0.25, -0.2) is 14.6 Å². The first-order valence-electron chi connectivity index (χ1n) is 12.2. The van der Waals surface area contributed by atoms with E-state index in [4.69, 9.17) is 24.3 Å². The third-order valence-corrected chi connectivity index (χ3v) is 6.23. The summed E-state index contributed by atoms with van der Waals surface area (Å²) in [6.45, 7) is 6.65. The maximum atomic E-state index is 11.7. The van der Waals surface area contributed by atoms with Gasteiger partial charge in [-0.2, -0.15) is 10.2 Å². The van der Waals surface area contributed by atoms with Crippen molar-refractivity contribution in [2.24, 2.45) is 0 Å². The van der Waals surface area contributed by atoms with Crippen molar-refractivity contribution in [3.05, 3.63) is 42.4 Å². The molecule has 10 nitrogen and oxygen atoms in total. The topological polar surface area (TPSA) is 106 Å². The van der Waals surface area contributed by atoms with E-state index in [1.54, 1.807) is 17.1 Å². The Kier molecular flexibility index (Phi) is 6.69. The second-order valence-corrected chi connectivity index (χ2v) is 9.10. The van der Waals surface area contributed by atoms with Crippen molar-refractivity contribution < 1.29 is 19.0 Å². The number of aromatic nitrogens is 6. The lowest BCUT2D eigenvalue weighted by Crippen LogP contribution is -2.19. The van der Waals surface area contributed by atoms with Gasteiger partial charge in [-0.3, -0.25) is 9.48 Å². The highest BCUT2D eigenvalue weighted by atomic mass is 16.5. The number of esters is 1. The fraction of sp³-hybridized carbons (Fsp3) is 0.423. The van der Waals surface area contributed by atoms with Crippen LogP contribution in [0.2, 0.25) is 0 Å². The van der Waals surface area contributed by atoms with Crippen LogP contribution in [0.5, 0.6) is 5.75 Å². The van der Waals surface area contributed by atoms with Gasteiger partial charge in [0.1, 0.15) is 18.0 Å². The highest BCUT2D eigenvalue weighted by molar-refractivity contribution is 5.93. The first kappa shape index (κ1) is 23.9. The average molecular weight is 491 g/mol. The van der Waals surface area contributed by atoms with Crippen molar-refractivity contribution in [2.75, 3.05) is 13.7 Å². The van der Waals surface area contributed by atoms with Crippen molar-refractivity contribution in [3.8, 4) is 28.5 Å². The minimum Gasteiger partial charge on any atom is -0.491 e. The van der Waals surface area contributed by atoms with Crippen LogP contribution in [0.1, 0.15) is 45.0 Å². The summed E-state index contributed by atoms with van der Waals surface area (Å²) in [6.07, 6.45) is 6.39. The van der Waals surface area contributed by atoms with Gasteiger partial charge in [-0.15, -0.1) is 0 Å². The molecule has 0 radical (unpaired) electrons. The Labute approximate surface area is 209 Å². The van der Waals surface area contributed by atoms with Crippen molar-refractivity contribution in [1.82, 2.24) is 29.5 Å². The van der Waals surface area contributed by atoms with Crippen LogP contribution in [0.3, 0.4) is 0 Å². The summed E-state index contributed by atoms with van der Waals surface area (Å²) in [4.78, 5) is 21.1. The van der Waals surface area contributed by atoms with Crippen molar-refractivity contribution in [1.29, 1.82) is 0 Å². The van der Waals surface area contributed by atoms with E-state index in [0.29, 0.717) is 17.2 Å². The number of nitrogens with zero attached hydrogens (tertiary/aromatic N) is 6.